The highest BCUT2D eigenvalue weighted by Crippen LogP contribution is 2.39. The average Bonchev–Trinajstić information content (AvgIpc) is 3.21. The van der Waals surface area contributed by atoms with Crippen LogP contribution in [-0.2, 0) is 9.59 Å². The van der Waals surface area contributed by atoms with E-state index >= 15 is 0 Å². The van der Waals surface area contributed by atoms with Gasteiger partial charge in [-0.2, -0.15) is 0 Å². The van der Waals surface area contributed by atoms with E-state index in [1.54, 1.807) is 47.9 Å². The van der Waals surface area contributed by atoms with Gasteiger partial charge in [0, 0.05) is 19.5 Å². The minimum atomic E-state index is -0.218. The fourth-order valence-corrected chi connectivity index (χ4v) is 5.99. The molecule has 0 fully saturated rings. The first-order chi connectivity index (χ1) is 11.1. The highest BCUT2D eigenvalue weighted by atomic mass is 32.1. The van der Waals surface area contributed by atoms with Gasteiger partial charge in [0.05, 0.1) is 11.8 Å². The van der Waals surface area contributed by atoms with Crippen molar-refractivity contribution in [3.63, 3.8) is 0 Å². The Bertz CT molecular complexity index is 731. The van der Waals surface area contributed by atoms with E-state index in [-0.39, 0.29) is 23.4 Å². The second-order valence-corrected chi connectivity index (χ2v) is 8.46. The van der Waals surface area contributed by atoms with Crippen LogP contribution in [0.3, 0.4) is 0 Å². The lowest BCUT2D eigenvalue weighted by atomic mass is 10.00. The predicted molar refractivity (Wildman–Crippen MR) is 98.0 cm³/mol. The van der Waals surface area contributed by atoms with Gasteiger partial charge in [0.15, 0.2) is 0 Å². The molecule has 118 valence electrons. The zero-order valence-corrected chi connectivity index (χ0v) is 15.3. The number of Topliss-reactive ketones (excluding diaryl/α,β-unsaturated/α-hetero) is 2. The third-order valence-electron chi connectivity index (χ3n) is 3.69. The van der Waals surface area contributed by atoms with Crippen molar-refractivity contribution in [1.29, 1.82) is 0 Å². The van der Waals surface area contributed by atoms with Crippen LogP contribution >= 0.6 is 34.0 Å². The molecule has 0 aliphatic rings. The van der Waals surface area contributed by atoms with Crippen LogP contribution in [0.1, 0.15) is 45.2 Å². The maximum atomic E-state index is 12.1. The minimum absolute atomic E-state index is 0.136. The Morgan fingerprint density at radius 2 is 1.17 bits per heavy atom. The number of hydrogen-bond acceptors (Lipinski definition) is 5. The van der Waals surface area contributed by atoms with Crippen LogP contribution in [0.4, 0.5) is 0 Å². The second-order valence-electron chi connectivity index (χ2n) is 5.36. The van der Waals surface area contributed by atoms with Gasteiger partial charge >= 0.3 is 0 Å². The summed E-state index contributed by atoms with van der Waals surface area (Å²) in [6, 6.07) is 11.9. The standard InChI is InChI=1S/C18H16O2S3/c1-11(19)17(13-5-3-9-21-13)15-7-8-16(23-15)18(12(2)20)14-6-4-10-22-14/h3-10,17-18H,1-2H3. The quantitative estimate of drug-likeness (QED) is 0.597. The van der Waals surface area contributed by atoms with Crippen molar-refractivity contribution in [2.24, 2.45) is 0 Å². The molecule has 0 aliphatic carbocycles. The molecule has 0 aliphatic heterocycles. The maximum Gasteiger partial charge on any atom is 0.143 e. The lowest BCUT2D eigenvalue weighted by Crippen LogP contribution is -2.08. The van der Waals surface area contributed by atoms with Crippen LogP contribution < -0.4 is 0 Å². The molecule has 0 aromatic carbocycles. The Hall–Kier alpha value is -1.56. The first-order valence-corrected chi connectivity index (χ1v) is 9.83. The van der Waals surface area contributed by atoms with Gasteiger partial charge in [0.1, 0.15) is 11.6 Å². The van der Waals surface area contributed by atoms with Gasteiger partial charge in [-0.25, -0.2) is 0 Å². The summed E-state index contributed by atoms with van der Waals surface area (Å²) in [7, 11) is 0. The molecule has 2 unspecified atom stereocenters. The SMILES string of the molecule is CC(=O)C(c1cccs1)c1ccc(C(C(C)=O)c2cccs2)s1. The van der Waals surface area contributed by atoms with E-state index in [9.17, 15) is 9.59 Å². The van der Waals surface area contributed by atoms with Crippen molar-refractivity contribution in [2.45, 2.75) is 25.7 Å². The summed E-state index contributed by atoms with van der Waals surface area (Å²) in [5, 5.41) is 3.98. The molecule has 3 aromatic heterocycles. The van der Waals surface area contributed by atoms with Crippen LogP contribution in [-0.4, -0.2) is 11.6 Å². The smallest absolute Gasteiger partial charge is 0.143 e. The van der Waals surface area contributed by atoms with Crippen molar-refractivity contribution < 1.29 is 9.59 Å². The van der Waals surface area contributed by atoms with E-state index in [0.29, 0.717) is 0 Å². The molecule has 0 saturated heterocycles. The number of thiophene rings is 3. The van der Waals surface area contributed by atoms with E-state index in [1.165, 1.54) is 0 Å². The fourth-order valence-electron chi connectivity index (χ4n) is 2.67. The van der Waals surface area contributed by atoms with Crippen molar-refractivity contribution in [3.8, 4) is 0 Å². The van der Waals surface area contributed by atoms with Gasteiger partial charge in [0.2, 0.25) is 0 Å². The molecular formula is C18H16O2S3. The first kappa shape index (κ1) is 16.3. The lowest BCUT2D eigenvalue weighted by Gasteiger charge is -2.11. The first-order valence-electron chi connectivity index (χ1n) is 7.25. The zero-order chi connectivity index (χ0) is 16.4. The molecule has 0 bridgehead atoms. The molecule has 2 atom stereocenters. The molecule has 0 radical (unpaired) electrons. The maximum absolute atomic E-state index is 12.1. The van der Waals surface area contributed by atoms with Gasteiger partial charge in [-0.05, 0) is 48.9 Å². The Balaban J connectivity index is 1.98. The van der Waals surface area contributed by atoms with Crippen molar-refractivity contribution in [3.05, 3.63) is 66.7 Å². The van der Waals surface area contributed by atoms with Crippen LogP contribution in [0, 0.1) is 0 Å². The Morgan fingerprint density at radius 3 is 1.48 bits per heavy atom. The summed E-state index contributed by atoms with van der Waals surface area (Å²) in [5.41, 5.74) is 0. The second kappa shape index (κ2) is 6.91. The van der Waals surface area contributed by atoms with E-state index in [4.69, 9.17) is 0 Å². The van der Waals surface area contributed by atoms with E-state index < -0.39 is 0 Å². The lowest BCUT2D eigenvalue weighted by molar-refractivity contribution is -0.118. The van der Waals surface area contributed by atoms with Gasteiger partial charge < -0.3 is 0 Å². The van der Waals surface area contributed by atoms with Gasteiger partial charge in [-0.1, -0.05) is 12.1 Å². The predicted octanol–water partition coefficient (Wildman–Crippen LogP) is 5.31. The molecule has 0 amide bonds. The highest BCUT2D eigenvalue weighted by Gasteiger charge is 2.26. The number of hydrogen-bond donors (Lipinski definition) is 0. The third-order valence-corrected chi connectivity index (χ3v) is 6.77. The summed E-state index contributed by atoms with van der Waals surface area (Å²) in [6.07, 6.45) is 0. The van der Waals surface area contributed by atoms with Gasteiger partial charge in [-0.15, -0.1) is 34.0 Å². The average molecular weight is 361 g/mol. The van der Waals surface area contributed by atoms with Crippen LogP contribution in [0.5, 0.6) is 0 Å². The number of rotatable bonds is 6. The van der Waals surface area contributed by atoms with Gasteiger partial charge in [0.25, 0.3) is 0 Å². The fraction of sp³-hybridized carbons (Fsp3) is 0.222. The van der Waals surface area contributed by atoms with Crippen LogP contribution in [0.25, 0.3) is 0 Å². The van der Waals surface area contributed by atoms with Gasteiger partial charge in [-0.3, -0.25) is 9.59 Å². The largest absolute Gasteiger partial charge is 0.299 e. The van der Waals surface area contributed by atoms with Crippen molar-refractivity contribution in [1.82, 2.24) is 0 Å². The summed E-state index contributed by atoms with van der Waals surface area (Å²) < 4.78 is 0. The molecule has 2 nitrogen and oxygen atoms in total. The van der Waals surface area contributed by atoms with Crippen molar-refractivity contribution >= 4 is 45.6 Å². The Kier molecular flexibility index (Phi) is 4.90. The minimum Gasteiger partial charge on any atom is -0.299 e. The van der Waals surface area contributed by atoms with E-state index in [0.717, 1.165) is 19.5 Å². The third kappa shape index (κ3) is 3.37. The number of carbonyl (C=O) groups excluding carboxylic acids is 2. The number of ketones is 2. The molecule has 3 aromatic rings. The zero-order valence-electron chi connectivity index (χ0n) is 12.8. The Morgan fingerprint density at radius 1 is 0.739 bits per heavy atom. The highest BCUT2D eigenvalue weighted by molar-refractivity contribution is 7.14. The molecule has 0 saturated carbocycles. The summed E-state index contributed by atoms with van der Waals surface area (Å²) in [5.74, 6) is -0.165. The normalized spacial score (nSPS) is 13.7. The molecule has 23 heavy (non-hydrogen) atoms. The monoisotopic (exact) mass is 360 g/mol. The summed E-state index contributed by atoms with van der Waals surface area (Å²) in [4.78, 5) is 28.4. The Labute approximate surface area is 147 Å². The number of carbonyl (C=O) groups is 2. The van der Waals surface area contributed by atoms with E-state index in [2.05, 4.69) is 0 Å². The molecule has 0 N–H and O–H groups in total. The molecule has 3 heterocycles. The molecule has 3 rings (SSSR count). The topological polar surface area (TPSA) is 34.1 Å². The molecule has 0 spiro atoms. The molecule has 5 heteroatoms. The van der Waals surface area contributed by atoms with Crippen LogP contribution in [0.2, 0.25) is 0 Å². The van der Waals surface area contributed by atoms with Crippen LogP contribution in [0.15, 0.2) is 47.2 Å². The van der Waals surface area contributed by atoms with E-state index in [1.807, 2.05) is 47.2 Å². The summed E-state index contributed by atoms with van der Waals surface area (Å²) >= 11 is 4.77. The van der Waals surface area contributed by atoms with Crippen molar-refractivity contribution in [2.75, 3.05) is 0 Å². The molecular weight excluding hydrogens is 344 g/mol. The summed E-state index contributed by atoms with van der Waals surface area (Å²) in [6.45, 7) is 3.26.